The van der Waals surface area contributed by atoms with Gasteiger partial charge in [0, 0.05) is 31.4 Å². The monoisotopic (exact) mass is 330 g/mol. The van der Waals surface area contributed by atoms with Crippen LogP contribution in [0.3, 0.4) is 0 Å². The van der Waals surface area contributed by atoms with Crippen LogP contribution in [0.4, 0.5) is 0 Å². The molecule has 2 aromatic rings. The molecule has 24 heavy (non-hydrogen) atoms. The molecule has 0 spiro atoms. The first-order chi connectivity index (χ1) is 11.8. The topological polar surface area (TPSA) is 62.6 Å². The van der Waals surface area contributed by atoms with Crippen LogP contribution in [0.15, 0.2) is 24.4 Å². The van der Waals surface area contributed by atoms with Gasteiger partial charge in [0.25, 0.3) is 0 Å². The fourth-order valence-electron chi connectivity index (χ4n) is 3.41. The molecule has 0 saturated carbocycles. The molecule has 0 aliphatic carbocycles. The molecule has 2 aliphatic rings. The molecule has 0 bridgehead atoms. The molecule has 3 heterocycles. The summed E-state index contributed by atoms with van der Waals surface area (Å²) in [4.78, 5) is 12.4. The fourth-order valence-corrected chi connectivity index (χ4v) is 3.41. The smallest absolute Gasteiger partial charge is 0.338 e. The molecule has 128 valence electrons. The Morgan fingerprint density at radius 3 is 2.54 bits per heavy atom. The Labute approximate surface area is 140 Å². The van der Waals surface area contributed by atoms with Gasteiger partial charge >= 0.3 is 5.97 Å². The summed E-state index contributed by atoms with van der Waals surface area (Å²) in [6.45, 7) is 2.88. The second-order valence-electron chi connectivity index (χ2n) is 6.42. The molecule has 2 fully saturated rings. The number of esters is 1. The molecule has 1 aromatic carbocycles. The first kappa shape index (κ1) is 15.6. The quantitative estimate of drug-likeness (QED) is 0.810. The van der Waals surface area contributed by atoms with E-state index in [0.29, 0.717) is 24.8 Å². The van der Waals surface area contributed by atoms with Crippen molar-refractivity contribution in [3.63, 3.8) is 0 Å². The van der Waals surface area contributed by atoms with E-state index in [0.717, 1.165) is 49.8 Å². The Balaban J connectivity index is 1.51. The minimum atomic E-state index is -0.261. The summed E-state index contributed by atoms with van der Waals surface area (Å²) in [6, 6.07) is 6.05. The van der Waals surface area contributed by atoms with Gasteiger partial charge in [0.15, 0.2) is 0 Å². The summed E-state index contributed by atoms with van der Waals surface area (Å²) in [7, 11) is 0. The van der Waals surface area contributed by atoms with Crippen molar-refractivity contribution in [2.75, 3.05) is 26.4 Å². The first-order valence-electron chi connectivity index (χ1n) is 8.65. The molecule has 6 heteroatoms. The molecular formula is C18H22N2O4. The molecule has 2 saturated heterocycles. The highest BCUT2D eigenvalue weighted by molar-refractivity contribution is 5.94. The number of benzene rings is 1. The zero-order valence-electron chi connectivity index (χ0n) is 13.6. The first-order valence-corrected chi connectivity index (χ1v) is 8.65. The van der Waals surface area contributed by atoms with Crippen molar-refractivity contribution in [2.45, 2.75) is 37.8 Å². The number of ether oxygens (including phenoxy) is 3. The van der Waals surface area contributed by atoms with Gasteiger partial charge in [-0.25, -0.2) is 4.79 Å². The lowest BCUT2D eigenvalue weighted by molar-refractivity contribution is -0.0159. The average Bonchev–Trinajstić information content (AvgIpc) is 3.06. The van der Waals surface area contributed by atoms with Crippen molar-refractivity contribution in [1.29, 1.82) is 0 Å². The van der Waals surface area contributed by atoms with E-state index in [1.54, 1.807) is 0 Å². The van der Waals surface area contributed by atoms with Gasteiger partial charge in [-0.2, -0.15) is 5.10 Å². The van der Waals surface area contributed by atoms with Crippen LogP contribution in [0.25, 0.3) is 10.9 Å². The van der Waals surface area contributed by atoms with Gasteiger partial charge in [-0.3, -0.25) is 4.68 Å². The normalized spacial score (nSPS) is 20.3. The average molecular weight is 330 g/mol. The predicted octanol–water partition coefficient (Wildman–Crippen LogP) is 2.72. The number of hydrogen-bond acceptors (Lipinski definition) is 5. The molecule has 0 N–H and O–H groups in total. The van der Waals surface area contributed by atoms with Gasteiger partial charge in [0.2, 0.25) is 0 Å². The van der Waals surface area contributed by atoms with Gasteiger partial charge < -0.3 is 14.2 Å². The van der Waals surface area contributed by atoms with Crippen LogP contribution in [-0.2, 0) is 14.2 Å². The third-order valence-electron chi connectivity index (χ3n) is 4.81. The lowest BCUT2D eigenvalue weighted by Gasteiger charge is -2.23. The minimum absolute atomic E-state index is 0.0353. The maximum absolute atomic E-state index is 12.4. The Morgan fingerprint density at radius 1 is 1.08 bits per heavy atom. The lowest BCUT2D eigenvalue weighted by atomic mass is 10.1. The van der Waals surface area contributed by atoms with Crippen LogP contribution < -0.4 is 0 Å². The summed E-state index contributed by atoms with van der Waals surface area (Å²) in [5.41, 5.74) is 1.64. The third-order valence-corrected chi connectivity index (χ3v) is 4.81. The van der Waals surface area contributed by atoms with Crippen molar-refractivity contribution in [1.82, 2.24) is 9.78 Å². The number of hydrogen-bond donors (Lipinski definition) is 0. The van der Waals surface area contributed by atoms with Crippen LogP contribution in [-0.4, -0.2) is 48.3 Å². The molecular weight excluding hydrogens is 308 g/mol. The fraction of sp³-hybridized carbons (Fsp3) is 0.556. The van der Waals surface area contributed by atoms with E-state index in [-0.39, 0.29) is 12.1 Å². The molecule has 0 amide bonds. The number of carbonyl (C=O) groups is 1. The van der Waals surface area contributed by atoms with Crippen LogP contribution in [0.2, 0.25) is 0 Å². The summed E-state index contributed by atoms with van der Waals surface area (Å²) < 4.78 is 18.4. The largest absolute Gasteiger partial charge is 0.459 e. The zero-order valence-corrected chi connectivity index (χ0v) is 13.6. The van der Waals surface area contributed by atoms with Crippen LogP contribution in [0.5, 0.6) is 0 Å². The van der Waals surface area contributed by atoms with Crippen molar-refractivity contribution < 1.29 is 19.0 Å². The predicted molar refractivity (Wildman–Crippen MR) is 88.1 cm³/mol. The molecule has 0 atom stereocenters. The number of carbonyl (C=O) groups excluding carboxylic acids is 1. The van der Waals surface area contributed by atoms with Crippen molar-refractivity contribution in [2.24, 2.45) is 0 Å². The molecule has 0 unspecified atom stereocenters. The molecule has 6 nitrogen and oxygen atoms in total. The van der Waals surface area contributed by atoms with Gasteiger partial charge in [0.05, 0.1) is 36.5 Å². The zero-order chi connectivity index (χ0) is 16.4. The van der Waals surface area contributed by atoms with Crippen LogP contribution in [0.1, 0.15) is 42.1 Å². The van der Waals surface area contributed by atoms with Crippen LogP contribution in [0, 0.1) is 0 Å². The van der Waals surface area contributed by atoms with E-state index < -0.39 is 0 Å². The number of nitrogens with zero attached hydrogens (tertiary/aromatic N) is 2. The number of aromatic nitrogens is 2. The standard InChI is InChI=1S/C18H22N2O4/c21-18(24-16-5-9-23-10-6-16)13-1-2-17-14(11-13)12-19-20(17)15-3-7-22-8-4-15/h1-2,11-12,15-16H,3-10H2. The molecule has 4 rings (SSSR count). The SMILES string of the molecule is O=C(OC1CCOCC1)c1ccc2c(cnn2C2CCOCC2)c1. The van der Waals surface area contributed by atoms with E-state index >= 15 is 0 Å². The van der Waals surface area contributed by atoms with Gasteiger partial charge in [-0.05, 0) is 31.0 Å². The summed E-state index contributed by atoms with van der Waals surface area (Å²) in [5.74, 6) is -0.261. The Kier molecular flexibility index (Phi) is 4.49. The van der Waals surface area contributed by atoms with Gasteiger partial charge in [0.1, 0.15) is 6.10 Å². The highest BCUT2D eigenvalue weighted by atomic mass is 16.6. The summed E-state index contributed by atoms with van der Waals surface area (Å²) in [6.07, 6.45) is 5.29. The number of fused-ring (bicyclic) bond motifs is 1. The second-order valence-corrected chi connectivity index (χ2v) is 6.42. The van der Waals surface area contributed by atoms with E-state index in [2.05, 4.69) is 9.78 Å². The van der Waals surface area contributed by atoms with Crippen molar-refractivity contribution in [3.8, 4) is 0 Å². The van der Waals surface area contributed by atoms with Crippen LogP contribution >= 0.6 is 0 Å². The summed E-state index contributed by atoms with van der Waals surface area (Å²) in [5, 5.41) is 5.50. The lowest BCUT2D eigenvalue weighted by Crippen LogP contribution is -2.26. The highest BCUT2D eigenvalue weighted by Crippen LogP contribution is 2.26. The van der Waals surface area contributed by atoms with Crippen molar-refractivity contribution >= 4 is 16.9 Å². The maximum Gasteiger partial charge on any atom is 0.338 e. The second kappa shape index (κ2) is 6.91. The summed E-state index contributed by atoms with van der Waals surface area (Å²) >= 11 is 0. The van der Waals surface area contributed by atoms with Crippen molar-refractivity contribution in [3.05, 3.63) is 30.0 Å². The van der Waals surface area contributed by atoms with E-state index in [1.807, 2.05) is 24.4 Å². The van der Waals surface area contributed by atoms with E-state index in [1.165, 1.54) is 0 Å². The Bertz CT molecular complexity index is 715. The molecule has 2 aliphatic heterocycles. The third kappa shape index (κ3) is 3.16. The molecule has 0 radical (unpaired) electrons. The minimum Gasteiger partial charge on any atom is -0.459 e. The number of rotatable bonds is 3. The Hall–Kier alpha value is -1.92. The highest BCUT2D eigenvalue weighted by Gasteiger charge is 2.21. The van der Waals surface area contributed by atoms with Gasteiger partial charge in [-0.15, -0.1) is 0 Å². The van der Waals surface area contributed by atoms with E-state index in [9.17, 15) is 4.79 Å². The molecule has 1 aromatic heterocycles. The Morgan fingerprint density at radius 2 is 1.79 bits per heavy atom. The van der Waals surface area contributed by atoms with Gasteiger partial charge in [-0.1, -0.05) is 0 Å². The maximum atomic E-state index is 12.4. The van der Waals surface area contributed by atoms with E-state index in [4.69, 9.17) is 14.2 Å².